The van der Waals surface area contributed by atoms with Crippen LogP contribution in [0.15, 0.2) is 18.2 Å². The number of rotatable bonds is 4. The van der Waals surface area contributed by atoms with Crippen LogP contribution in [0, 0.1) is 11.2 Å². The molecule has 1 aromatic carbocycles. The summed E-state index contributed by atoms with van der Waals surface area (Å²) >= 11 is 0. The molecule has 1 aliphatic carbocycles. The summed E-state index contributed by atoms with van der Waals surface area (Å²) in [6.45, 7) is 3.73. The number of nitrogens with zero attached hydrogens (tertiary/aromatic N) is 1. The number of carbonyl (C=O) groups excluding carboxylic acids is 1. The van der Waals surface area contributed by atoms with Gasteiger partial charge in [-0.3, -0.25) is 4.79 Å². The molecule has 2 unspecified atom stereocenters. The fourth-order valence-electron chi connectivity index (χ4n) is 3.92. The standard InChI is InChI=1S/C18H24FNO4/c1-3-24-16-11-15(21)18(16)6-8-20(9-7-18)17(22)12-4-5-13(19)14(10-12)23-2/h4-5,10,15-16,21H,3,6-9,11H2,1-2H3. The molecular formula is C18H24FNO4. The highest BCUT2D eigenvalue weighted by atomic mass is 19.1. The van der Waals surface area contributed by atoms with E-state index in [-0.39, 0.29) is 29.3 Å². The molecule has 2 aliphatic rings. The molecule has 2 atom stereocenters. The molecule has 24 heavy (non-hydrogen) atoms. The number of benzene rings is 1. The first-order valence-corrected chi connectivity index (χ1v) is 8.44. The number of methoxy groups -OCH3 is 1. The number of halogens is 1. The van der Waals surface area contributed by atoms with E-state index in [2.05, 4.69) is 0 Å². The Hall–Kier alpha value is -1.66. The molecule has 0 aromatic heterocycles. The van der Waals surface area contributed by atoms with Crippen molar-refractivity contribution in [1.29, 1.82) is 0 Å². The van der Waals surface area contributed by atoms with Gasteiger partial charge in [0.05, 0.1) is 19.3 Å². The second-order valence-corrected chi connectivity index (χ2v) is 6.57. The van der Waals surface area contributed by atoms with Crippen LogP contribution in [0.3, 0.4) is 0 Å². The van der Waals surface area contributed by atoms with Crippen molar-refractivity contribution in [2.75, 3.05) is 26.8 Å². The van der Waals surface area contributed by atoms with Gasteiger partial charge >= 0.3 is 0 Å². The second-order valence-electron chi connectivity index (χ2n) is 6.57. The quantitative estimate of drug-likeness (QED) is 0.915. The normalized spacial score (nSPS) is 25.4. The SMILES string of the molecule is CCOC1CC(O)C12CCN(C(=O)c1ccc(F)c(OC)c1)CC2. The summed E-state index contributed by atoms with van der Waals surface area (Å²) in [7, 11) is 1.38. The molecule has 1 N–H and O–H groups in total. The van der Waals surface area contributed by atoms with Gasteiger partial charge in [0.15, 0.2) is 11.6 Å². The van der Waals surface area contributed by atoms with E-state index in [1.165, 1.54) is 25.3 Å². The van der Waals surface area contributed by atoms with Gasteiger partial charge in [-0.1, -0.05) is 0 Å². The first-order chi connectivity index (χ1) is 11.5. The Morgan fingerprint density at radius 3 is 2.71 bits per heavy atom. The molecule has 3 rings (SSSR count). The first-order valence-electron chi connectivity index (χ1n) is 8.44. The Balaban J connectivity index is 1.67. The van der Waals surface area contributed by atoms with Crippen LogP contribution < -0.4 is 4.74 Å². The van der Waals surface area contributed by atoms with E-state index in [9.17, 15) is 14.3 Å². The van der Waals surface area contributed by atoms with Crippen molar-refractivity contribution < 1.29 is 23.8 Å². The number of carbonyl (C=O) groups is 1. The Morgan fingerprint density at radius 1 is 1.42 bits per heavy atom. The van der Waals surface area contributed by atoms with Crippen LogP contribution in [-0.4, -0.2) is 54.9 Å². The number of aliphatic hydroxyl groups is 1. The van der Waals surface area contributed by atoms with Gasteiger partial charge in [0.25, 0.3) is 5.91 Å². The molecule has 5 nitrogen and oxygen atoms in total. The number of hydrogen-bond donors (Lipinski definition) is 1. The number of hydrogen-bond acceptors (Lipinski definition) is 4. The summed E-state index contributed by atoms with van der Waals surface area (Å²) in [4.78, 5) is 14.4. The smallest absolute Gasteiger partial charge is 0.253 e. The van der Waals surface area contributed by atoms with Crippen LogP contribution in [0.1, 0.15) is 36.5 Å². The highest BCUT2D eigenvalue weighted by Gasteiger charge is 2.56. The minimum atomic E-state index is -0.483. The van der Waals surface area contributed by atoms with Gasteiger partial charge in [-0.15, -0.1) is 0 Å². The van der Waals surface area contributed by atoms with Crippen LogP contribution >= 0.6 is 0 Å². The Labute approximate surface area is 141 Å². The molecule has 1 spiro atoms. The molecule has 6 heteroatoms. The predicted molar refractivity (Wildman–Crippen MR) is 86.6 cm³/mol. The third-order valence-corrected chi connectivity index (χ3v) is 5.49. The molecule has 1 saturated carbocycles. The summed E-state index contributed by atoms with van der Waals surface area (Å²) in [5.41, 5.74) is 0.201. The van der Waals surface area contributed by atoms with E-state index in [0.717, 1.165) is 12.8 Å². The zero-order valence-corrected chi connectivity index (χ0v) is 14.1. The highest BCUT2D eigenvalue weighted by molar-refractivity contribution is 5.94. The molecule has 132 valence electrons. The molecule has 0 bridgehead atoms. The minimum Gasteiger partial charge on any atom is -0.494 e. The highest BCUT2D eigenvalue weighted by Crippen LogP contribution is 2.51. The van der Waals surface area contributed by atoms with Crippen LogP contribution in [-0.2, 0) is 4.74 Å². The maximum Gasteiger partial charge on any atom is 0.253 e. The molecule has 2 fully saturated rings. The first kappa shape index (κ1) is 17.2. The van der Waals surface area contributed by atoms with Crippen molar-refractivity contribution >= 4 is 5.91 Å². The zero-order chi connectivity index (χ0) is 17.3. The van der Waals surface area contributed by atoms with Crippen molar-refractivity contribution in [2.45, 2.75) is 38.4 Å². The lowest BCUT2D eigenvalue weighted by molar-refractivity contribution is -0.207. The van der Waals surface area contributed by atoms with Gasteiger partial charge in [0, 0.05) is 37.1 Å². The van der Waals surface area contributed by atoms with Crippen LogP contribution in [0.25, 0.3) is 0 Å². The van der Waals surface area contributed by atoms with E-state index < -0.39 is 5.82 Å². The molecule has 1 heterocycles. The maximum absolute atomic E-state index is 13.5. The zero-order valence-electron chi connectivity index (χ0n) is 14.1. The summed E-state index contributed by atoms with van der Waals surface area (Å²) in [5.74, 6) is -0.547. The molecule has 1 amide bonds. The molecule has 0 radical (unpaired) electrons. The summed E-state index contributed by atoms with van der Waals surface area (Å²) in [6, 6.07) is 4.16. The topological polar surface area (TPSA) is 59.0 Å². The number of aliphatic hydroxyl groups excluding tert-OH is 1. The van der Waals surface area contributed by atoms with Crippen molar-refractivity contribution in [3.8, 4) is 5.75 Å². The minimum absolute atomic E-state index is 0.0696. The largest absolute Gasteiger partial charge is 0.494 e. The fourth-order valence-corrected chi connectivity index (χ4v) is 3.92. The molecule has 1 aromatic rings. The van der Waals surface area contributed by atoms with Gasteiger partial charge in [-0.05, 0) is 38.0 Å². The Bertz CT molecular complexity index is 611. The Kier molecular flexibility index (Phi) is 4.78. The fraction of sp³-hybridized carbons (Fsp3) is 0.611. The van der Waals surface area contributed by atoms with Gasteiger partial charge in [-0.2, -0.15) is 0 Å². The third-order valence-electron chi connectivity index (χ3n) is 5.49. The van der Waals surface area contributed by atoms with Crippen LogP contribution in [0.4, 0.5) is 4.39 Å². The number of piperidine rings is 1. The molecule has 1 aliphatic heterocycles. The van der Waals surface area contributed by atoms with Gasteiger partial charge < -0.3 is 19.5 Å². The predicted octanol–water partition coefficient (Wildman–Crippen LogP) is 2.23. The monoisotopic (exact) mass is 337 g/mol. The van der Waals surface area contributed by atoms with Crippen molar-refractivity contribution in [2.24, 2.45) is 5.41 Å². The summed E-state index contributed by atoms with van der Waals surface area (Å²) in [6.07, 6.45) is 1.86. The van der Waals surface area contributed by atoms with Crippen molar-refractivity contribution in [3.05, 3.63) is 29.6 Å². The molecular weight excluding hydrogens is 313 g/mol. The molecule has 1 saturated heterocycles. The van der Waals surface area contributed by atoms with Gasteiger partial charge in [0.2, 0.25) is 0 Å². The lowest BCUT2D eigenvalue weighted by Gasteiger charge is -2.56. The van der Waals surface area contributed by atoms with Crippen LogP contribution in [0.2, 0.25) is 0 Å². The second kappa shape index (κ2) is 6.69. The van der Waals surface area contributed by atoms with Crippen LogP contribution in [0.5, 0.6) is 5.75 Å². The third kappa shape index (κ3) is 2.78. The average molecular weight is 337 g/mol. The average Bonchev–Trinajstić information content (AvgIpc) is 2.61. The lowest BCUT2D eigenvalue weighted by Crippen LogP contribution is -2.62. The Morgan fingerprint density at radius 2 is 2.12 bits per heavy atom. The summed E-state index contributed by atoms with van der Waals surface area (Å²) in [5, 5.41) is 10.2. The van der Waals surface area contributed by atoms with E-state index in [1.54, 1.807) is 4.90 Å². The number of amides is 1. The van der Waals surface area contributed by atoms with E-state index in [4.69, 9.17) is 9.47 Å². The number of likely N-dealkylation sites (tertiary alicyclic amines) is 1. The van der Waals surface area contributed by atoms with Crippen molar-refractivity contribution in [1.82, 2.24) is 4.90 Å². The maximum atomic E-state index is 13.5. The van der Waals surface area contributed by atoms with Crippen molar-refractivity contribution in [3.63, 3.8) is 0 Å². The van der Waals surface area contributed by atoms with E-state index >= 15 is 0 Å². The van der Waals surface area contributed by atoms with E-state index in [1.807, 2.05) is 6.92 Å². The van der Waals surface area contributed by atoms with Gasteiger partial charge in [-0.25, -0.2) is 4.39 Å². The summed E-state index contributed by atoms with van der Waals surface area (Å²) < 4.78 is 24.2. The lowest BCUT2D eigenvalue weighted by atomic mass is 9.58. The number of ether oxygens (including phenoxy) is 2. The van der Waals surface area contributed by atoms with E-state index in [0.29, 0.717) is 31.7 Å². The van der Waals surface area contributed by atoms with Gasteiger partial charge in [0.1, 0.15) is 0 Å².